The van der Waals surface area contributed by atoms with Crippen molar-refractivity contribution in [1.29, 1.82) is 0 Å². The van der Waals surface area contributed by atoms with Gasteiger partial charge in [0.15, 0.2) is 0 Å². The van der Waals surface area contributed by atoms with Gasteiger partial charge in [-0.15, -0.1) is 0 Å². The fourth-order valence-corrected chi connectivity index (χ4v) is 2.69. The summed E-state index contributed by atoms with van der Waals surface area (Å²) in [5.41, 5.74) is 5.70. The Morgan fingerprint density at radius 1 is 1.47 bits per heavy atom. The second-order valence-electron chi connectivity index (χ2n) is 4.68. The van der Waals surface area contributed by atoms with E-state index in [1.165, 1.54) is 6.26 Å². The molecule has 2 unspecified atom stereocenters. The zero-order valence-corrected chi connectivity index (χ0v) is 10.5. The summed E-state index contributed by atoms with van der Waals surface area (Å²) in [5, 5.41) is 0. The minimum absolute atomic E-state index is 0.248. The van der Waals surface area contributed by atoms with Crippen LogP contribution in [0.25, 0.3) is 0 Å². The summed E-state index contributed by atoms with van der Waals surface area (Å²) in [6, 6.07) is 0.371. The normalized spacial score (nSPS) is 29.3. The first kappa shape index (κ1) is 12.9. The number of sulfone groups is 1. The molecule has 0 saturated carbocycles. The number of piperidine rings is 1. The van der Waals surface area contributed by atoms with Gasteiger partial charge in [-0.25, -0.2) is 8.42 Å². The van der Waals surface area contributed by atoms with E-state index < -0.39 is 9.84 Å². The van der Waals surface area contributed by atoms with Crippen LogP contribution >= 0.6 is 0 Å². The van der Waals surface area contributed by atoms with Crippen LogP contribution in [-0.4, -0.2) is 51.0 Å². The van der Waals surface area contributed by atoms with Gasteiger partial charge in [0.1, 0.15) is 9.84 Å². The molecule has 2 N–H and O–H groups in total. The molecule has 0 amide bonds. The molecule has 0 aromatic heterocycles. The largest absolute Gasteiger partial charge is 0.329 e. The molecule has 1 aliphatic heterocycles. The highest BCUT2D eigenvalue weighted by atomic mass is 32.2. The zero-order chi connectivity index (χ0) is 11.5. The molecule has 2 atom stereocenters. The van der Waals surface area contributed by atoms with Crippen molar-refractivity contribution < 1.29 is 8.42 Å². The van der Waals surface area contributed by atoms with E-state index in [9.17, 15) is 8.42 Å². The first-order valence-electron chi connectivity index (χ1n) is 5.54. The number of rotatable bonds is 4. The average molecular weight is 234 g/mol. The maximum atomic E-state index is 11.1. The summed E-state index contributed by atoms with van der Waals surface area (Å²) in [7, 11) is -2.85. The minimum Gasteiger partial charge on any atom is -0.329 e. The van der Waals surface area contributed by atoms with E-state index in [4.69, 9.17) is 5.73 Å². The van der Waals surface area contributed by atoms with Crippen LogP contribution in [0.3, 0.4) is 0 Å². The van der Waals surface area contributed by atoms with Crippen molar-refractivity contribution in [3.05, 3.63) is 0 Å². The van der Waals surface area contributed by atoms with Crippen molar-refractivity contribution in [2.75, 3.05) is 31.6 Å². The van der Waals surface area contributed by atoms with Gasteiger partial charge in [0.25, 0.3) is 0 Å². The lowest BCUT2D eigenvalue weighted by atomic mass is 9.92. The summed E-state index contributed by atoms with van der Waals surface area (Å²) >= 11 is 0. The lowest BCUT2D eigenvalue weighted by Gasteiger charge is -2.37. The van der Waals surface area contributed by atoms with Crippen LogP contribution in [0.1, 0.15) is 19.8 Å². The van der Waals surface area contributed by atoms with Gasteiger partial charge in [0, 0.05) is 25.4 Å². The van der Waals surface area contributed by atoms with Crippen LogP contribution in [0.15, 0.2) is 0 Å². The van der Waals surface area contributed by atoms with Crippen LogP contribution < -0.4 is 5.73 Å². The first-order chi connectivity index (χ1) is 6.92. The molecule has 0 radical (unpaired) electrons. The number of nitrogens with two attached hydrogens (primary N) is 1. The highest BCUT2D eigenvalue weighted by Crippen LogP contribution is 2.21. The molecule has 0 bridgehead atoms. The topological polar surface area (TPSA) is 63.4 Å². The Kier molecular flexibility index (Phi) is 4.55. The van der Waals surface area contributed by atoms with Crippen LogP contribution in [0, 0.1) is 5.92 Å². The second-order valence-corrected chi connectivity index (χ2v) is 6.94. The monoisotopic (exact) mass is 234 g/mol. The maximum Gasteiger partial charge on any atom is 0.148 e. The fourth-order valence-electron chi connectivity index (χ4n) is 2.12. The molecule has 0 aromatic rings. The molecule has 0 aliphatic carbocycles. The van der Waals surface area contributed by atoms with Crippen LogP contribution in [0.5, 0.6) is 0 Å². The van der Waals surface area contributed by atoms with Crippen molar-refractivity contribution in [2.24, 2.45) is 11.7 Å². The van der Waals surface area contributed by atoms with Crippen molar-refractivity contribution in [1.82, 2.24) is 4.90 Å². The fraction of sp³-hybridized carbons (Fsp3) is 1.00. The zero-order valence-electron chi connectivity index (χ0n) is 9.65. The van der Waals surface area contributed by atoms with E-state index in [0.717, 1.165) is 19.4 Å². The molecular formula is C10H22N2O2S. The summed E-state index contributed by atoms with van der Waals surface area (Å²) in [6.45, 7) is 4.48. The van der Waals surface area contributed by atoms with Gasteiger partial charge >= 0.3 is 0 Å². The van der Waals surface area contributed by atoms with E-state index in [1.807, 2.05) is 0 Å². The van der Waals surface area contributed by atoms with Crippen molar-refractivity contribution in [3.8, 4) is 0 Å². The number of hydrogen-bond donors (Lipinski definition) is 1. The molecule has 0 spiro atoms. The Morgan fingerprint density at radius 3 is 2.67 bits per heavy atom. The molecule has 1 heterocycles. The SMILES string of the molecule is CC1CCN(CCS(C)(=O)=O)C(CN)C1. The Bertz CT molecular complexity index is 290. The third kappa shape index (κ3) is 4.49. The molecule has 15 heavy (non-hydrogen) atoms. The Labute approximate surface area is 92.7 Å². The van der Waals surface area contributed by atoms with Gasteiger partial charge in [-0.2, -0.15) is 0 Å². The van der Waals surface area contributed by atoms with Crippen molar-refractivity contribution in [3.63, 3.8) is 0 Å². The van der Waals surface area contributed by atoms with Gasteiger partial charge in [-0.05, 0) is 25.3 Å². The van der Waals surface area contributed by atoms with Crippen LogP contribution in [-0.2, 0) is 9.84 Å². The van der Waals surface area contributed by atoms with Crippen LogP contribution in [0.2, 0.25) is 0 Å². The number of likely N-dealkylation sites (tertiary alicyclic amines) is 1. The van der Waals surface area contributed by atoms with Crippen molar-refractivity contribution in [2.45, 2.75) is 25.8 Å². The predicted molar refractivity (Wildman–Crippen MR) is 62.5 cm³/mol. The Balaban J connectivity index is 2.46. The molecule has 1 aliphatic rings. The molecule has 0 aromatic carbocycles. The van der Waals surface area contributed by atoms with E-state index in [1.54, 1.807) is 0 Å². The van der Waals surface area contributed by atoms with E-state index in [0.29, 0.717) is 25.0 Å². The smallest absolute Gasteiger partial charge is 0.148 e. The van der Waals surface area contributed by atoms with Crippen molar-refractivity contribution >= 4 is 9.84 Å². The molecule has 90 valence electrons. The lowest BCUT2D eigenvalue weighted by Crippen LogP contribution is -2.47. The van der Waals surface area contributed by atoms with Crippen LogP contribution in [0.4, 0.5) is 0 Å². The van der Waals surface area contributed by atoms with Gasteiger partial charge in [0.05, 0.1) is 5.75 Å². The highest BCUT2D eigenvalue weighted by Gasteiger charge is 2.25. The van der Waals surface area contributed by atoms with E-state index in [2.05, 4.69) is 11.8 Å². The minimum atomic E-state index is -2.85. The third-order valence-electron chi connectivity index (χ3n) is 3.12. The molecule has 1 rings (SSSR count). The molecule has 4 nitrogen and oxygen atoms in total. The van der Waals surface area contributed by atoms with E-state index in [-0.39, 0.29) is 5.75 Å². The Hall–Kier alpha value is -0.130. The number of hydrogen-bond acceptors (Lipinski definition) is 4. The van der Waals surface area contributed by atoms with Gasteiger partial charge in [-0.1, -0.05) is 6.92 Å². The highest BCUT2D eigenvalue weighted by molar-refractivity contribution is 7.90. The predicted octanol–water partition coefficient (Wildman–Crippen LogP) is 0.0902. The second kappa shape index (κ2) is 5.27. The summed E-state index contributed by atoms with van der Waals surface area (Å²) in [6.07, 6.45) is 3.54. The van der Waals surface area contributed by atoms with Gasteiger partial charge in [0.2, 0.25) is 0 Å². The summed E-state index contributed by atoms with van der Waals surface area (Å²) in [4.78, 5) is 2.22. The van der Waals surface area contributed by atoms with Gasteiger partial charge in [-0.3, -0.25) is 4.90 Å². The summed E-state index contributed by atoms with van der Waals surface area (Å²) < 4.78 is 22.2. The summed E-state index contributed by atoms with van der Waals surface area (Å²) in [5.74, 6) is 0.964. The number of nitrogens with zero attached hydrogens (tertiary/aromatic N) is 1. The quantitative estimate of drug-likeness (QED) is 0.749. The molecule has 1 saturated heterocycles. The lowest BCUT2D eigenvalue weighted by molar-refractivity contribution is 0.130. The average Bonchev–Trinajstić information content (AvgIpc) is 2.14. The Morgan fingerprint density at radius 2 is 2.13 bits per heavy atom. The third-order valence-corrected chi connectivity index (χ3v) is 4.05. The standard InChI is InChI=1S/C10H22N2O2S/c1-9-3-4-12(10(7-9)8-11)5-6-15(2,13)14/h9-10H,3-8,11H2,1-2H3. The molecular weight excluding hydrogens is 212 g/mol. The molecule has 5 heteroatoms. The van der Waals surface area contributed by atoms with Gasteiger partial charge < -0.3 is 5.73 Å². The first-order valence-corrected chi connectivity index (χ1v) is 7.60. The van der Waals surface area contributed by atoms with E-state index >= 15 is 0 Å². The maximum absolute atomic E-state index is 11.1. The molecule has 1 fully saturated rings.